The first kappa shape index (κ1) is 30.7. The minimum atomic E-state index is -4.11. The van der Waals surface area contributed by atoms with Crippen LogP contribution < -0.4 is 14.4 Å². The van der Waals surface area contributed by atoms with Gasteiger partial charge in [0.15, 0.2) is 0 Å². The largest absolute Gasteiger partial charge is 0.497 e. The van der Waals surface area contributed by atoms with E-state index < -0.39 is 28.5 Å². The zero-order chi connectivity index (χ0) is 29.3. The maximum Gasteiger partial charge on any atom is 0.264 e. The third-order valence-corrected chi connectivity index (χ3v) is 8.75. The van der Waals surface area contributed by atoms with Crippen molar-refractivity contribution >= 4 is 27.5 Å². The highest BCUT2D eigenvalue weighted by Crippen LogP contribution is 2.27. The Kier molecular flexibility index (Phi) is 10.7. The van der Waals surface area contributed by atoms with E-state index in [1.165, 1.54) is 24.1 Å². The van der Waals surface area contributed by atoms with Gasteiger partial charge in [-0.05, 0) is 74.2 Å². The second-order valence-corrected chi connectivity index (χ2v) is 11.6. The topological polar surface area (TPSA) is 96.0 Å². The minimum absolute atomic E-state index is 0.0608. The average molecular weight is 566 g/mol. The molecule has 0 radical (unpaired) electrons. The normalized spacial score (nSPS) is 12.7. The molecule has 0 bridgehead atoms. The Morgan fingerprint density at radius 3 is 2.10 bits per heavy atom. The first-order valence-corrected chi connectivity index (χ1v) is 14.9. The maximum absolute atomic E-state index is 14.1. The average Bonchev–Trinajstić information content (AvgIpc) is 2.97. The summed E-state index contributed by atoms with van der Waals surface area (Å²) >= 11 is 0. The summed E-state index contributed by atoms with van der Waals surface area (Å²) in [5.41, 5.74) is 2.17. The van der Waals surface area contributed by atoms with Crippen molar-refractivity contribution in [2.24, 2.45) is 0 Å². The van der Waals surface area contributed by atoms with Crippen molar-refractivity contribution in [2.75, 3.05) is 18.0 Å². The molecule has 0 fully saturated rings. The molecule has 1 N–H and O–H groups in total. The Bertz CT molecular complexity index is 1380. The summed E-state index contributed by atoms with van der Waals surface area (Å²) in [5.74, 6) is -0.188. The molecule has 2 atom stereocenters. The molecule has 0 aliphatic heterocycles. The lowest BCUT2D eigenvalue weighted by molar-refractivity contribution is -0.140. The summed E-state index contributed by atoms with van der Waals surface area (Å²) in [6.07, 6.45) is 1.11. The number of carbonyl (C=O) groups excluding carboxylic acids is 2. The Hall–Kier alpha value is -3.85. The van der Waals surface area contributed by atoms with E-state index in [9.17, 15) is 18.0 Å². The van der Waals surface area contributed by atoms with Gasteiger partial charge < -0.3 is 15.0 Å². The zero-order valence-corrected chi connectivity index (χ0v) is 24.6. The number of amides is 2. The lowest BCUT2D eigenvalue weighted by atomic mass is 10.1. The predicted octanol–water partition coefficient (Wildman–Crippen LogP) is 4.92. The van der Waals surface area contributed by atoms with Crippen LogP contribution >= 0.6 is 0 Å². The van der Waals surface area contributed by atoms with Crippen LogP contribution in [-0.4, -0.2) is 50.9 Å². The van der Waals surface area contributed by atoms with E-state index in [0.717, 1.165) is 21.9 Å². The third-order valence-electron chi connectivity index (χ3n) is 6.96. The van der Waals surface area contributed by atoms with Gasteiger partial charge in [0, 0.05) is 12.6 Å². The number of methoxy groups -OCH3 is 1. The quantitative estimate of drug-likeness (QED) is 0.317. The van der Waals surface area contributed by atoms with E-state index in [1.807, 2.05) is 52.0 Å². The maximum atomic E-state index is 14.1. The van der Waals surface area contributed by atoms with Crippen LogP contribution in [0.1, 0.15) is 44.7 Å². The standard InChI is InChI=1S/C31H39N3O5S/c1-6-24(4)32-31(36)29(7-2)33(21-25-14-12-11-13-23(25)3)30(35)22-34(26-17-19-27(39-5)20-18-26)40(37,38)28-15-9-8-10-16-28/h8-20,24,29H,6-7,21-22H2,1-5H3,(H,32,36)/t24-,29-/m0/s1. The van der Waals surface area contributed by atoms with Gasteiger partial charge in [-0.15, -0.1) is 0 Å². The molecular weight excluding hydrogens is 526 g/mol. The molecule has 8 nitrogen and oxygen atoms in total. The molecule has 0 aromatic heterocycles. The number of ether oxygens (including phenoxy) is 1. The molecule has 9 heteroatoms. The molecule has 0 aliphatic carbocycles. The predicted molar refractivity (Wildman–Crippen MR) is 158 cm³/mol. The number of nitrogens with zero attached hydrogens (tertiary/aromatic N) is 2. The van der Waals surface area contributed by atoms with Crippen molar-refractivity contribution in [1.29, 1.82) is 0 Å². The fourth-order valence-corrected chi connectivity index (χ4v) is 5.76. The Morgan fingerprint density at radius 1 is 0.900 bits per heavy atom. The van der Waals surface area contributed by atoms with Gasteiger partial charge in [0.05, 0.1) is 17.7 Å². The Morgan fingerprint density at radius 2 is 1.52 bits per heavy atom. The van der Waals surface area contributed by atoms with Crippen LogP contribution in [0.3, 0.4) is 0 Å². The molecular formula is C31H39N3O5S. The van der Waals surface area contributed by atoms with E-state index in [-0.39, 0.29) is 23.4 Å². The van der Waals surface area contributed by atoms with Gasteiger partial charge in [-0.3, -0.25) is 13.9 Å². The summed E-state index contributed by atoms with van der Waals surface area (Å²) < 4.78 is 34.1. The molecule has 214 valence electrons. The molecule has 3 aromatic carbocycles. The van der Waals surface area contributed by atoms with Crippen molar-refractivity contribution in [1.82, 2.24) is 10.2 Å². The Balaban J connectivity index is 2.06. The van der Waals surface area contributed by atoms with Gasteiger partial charge in [0.25, 0.3) is 10.0 Å². The smallest absolute Gasteiger partial charge is 0.264 e. The Labute approximate surface area is 238 Å². The highest BCUT2D eigenvalue weighted by Gasteiger charge is 2.34. The van der Waals surface area contributed by atoms with Gasteiger partial charge in [-0.2, -0.15) is 0 Å². The van der Waals surface area contributed by atoms with Crippen molar-refractivity contribution in [3.63, 3.8) is 0 Å². The monoisotopic (exact) mass is 565 g/mol. The molecule has 0 heterocycles. The van der Waals surface area contributed by atoms with E-state index >= 15 is 0 Å². The van der Waals surface area contributed by atoms with Gasteiger partial charge >= 0.3 is 0 Å². The molecule has 3 rings (SSSR count). The SMILES string of the molecule is CC[C@H](C)NC(=O)[C@H](CC)N(Cc1ccccc1C)C(=O)CN(c1ccc(OC)cc1)S(=O)(=O)c1ccccc1. The van der Waals surface area contributed by atoms with E-state index in [1.54, 1.807) is 42.5 Å². The number of hydrogen-bond acceptors (Lipinski definition) is 5. The van der Waals surface area contributed by atoms with Crippen molar-refractivity contribution in [2.45, 2.75) is 64.1 Å². The summed E-state index contributed by atoms with van der Waals surface area (Å²) in [6.45, 7) is 7.37. The first-order valence-electron chi connectivity index (χ1n) is 13.5. The molecule has 0 spiro atoms. The fourth-order valence-electron chi connectivity index (χ4n) is 4.33. The van der Waals surface area contributed by atoms with Crippen LogP contribution in [-0.2, 0) is 26.2 Å². The van der Waals surface area contributed by atoms with Crippen molar-refractivity contribution in [3.8, 4) is 5.75 Å². The zero-order valence-electron chi connectivity index (χ0n) is 23.8. The van der Waals surface area contributed by atoms with Gasteiger partial charge in [-0.1, -0.05) is 56.3 Å². The number of sulfonamides is 1. The van der Waals surface area contributed by atoms with Gasteiger partial charge in [0.1, 0.15) is 18.3 Å². The second kappa shape index (κ2) is 14.0. The molecule has 2 amide bonds. The summed E-state index contributed by atoms with van der Waals surface area (Å²) in [7, 11) is -2.59. The first-order chi connectivity index (χ1) is 19.1. The van der Waals surface area contributed by atoms with Crippen molar-refractivity contribution < 1.29 is 22.7 Å². The lowest BCUT2D eigenvalue weighted by Gasteiger charge is -2.34. The van der Waals surface area contributed by atoms with Crippen molar-refractivity contribution in [3.05, 3.63) is 90.0 Å². The van der Waals surface area contributed by atoms with Crippen LogP contribution in [0.5, 0.6) is 5.75 Å². The second-order valence-electron chi connectivity index (χ2n) is 9.71. The highest BCUT2D eigenvalue weighted by atomic mass is 32.2. The van der Waals surface area contributed by atoms with E-state index in [2.05, 4.69) is 5.32 Å². The third kappa shape index (κ3) is 7.41. The van der Waals surface area contributed by atoms with E-state index in [0.29, 0.717) is 17.9 Å². The fraction of sp³-hybridized carbons (Fsp3) is 0.355. The number of hydrogen-bond donors (Lipinski definition) is 1. The molecule has 0 unspecified atom stereocenters. The van der Waals surface area contributed by atoms with E-state index in [4.69, 9.17) is 4.74 Å². The van der Waals surface area contributed by atoms with Gasteiger partial charge in [-0.25, -0.2) is 8.42 Å². The summed E-state index contributed by atoms with van der Waals surface area (Å²) in [5, 5.41) is 2.99. The van der Waals surface area contributed by atoms with Crippen LogP contribution in [0.25, 0.3) is 0 Å². The molecule has 0 saturated heterocycles. The number of nitrogens with one attached hydrogen (secondary N) is 1. The number of rotatable bonds is 13. The van der Waals surface area contributed by atoms with Crippen LogP contribution in [0.4, 0.5) is 5.69 Å². The van der Waals surface area contributed by atoms with Crippen LogP contribution in [0.15, 0.2) is 83.8 Å². The minimum Gasteiger partial charge on any atom is -0.497 e. The molecule has 40 heavy (non-hydrogen) atoms. The number of aryl methyl sites for hydroxylation is 1. The van der Waals surface area contributed by atoms with Crippen LogP contribution in [0, 0.1) is 6.92 Å². The molecule has 0 saturated carbocycles. The number of benzene rings is 3. The number of anilines is 1. The molecule has 0 aliphatic rings. The summed E-state index contributed by atoms with van der Waals surface area (Å²) in [6, 6.07) is 21.3. The van der Waals surface area contributed by atoms with Crippen LogP contribution in [0.2, 0.25) is 0 Å². The van der Waals surface area contributed by atoms with Gasteiger partial charge in [0.2, 0.25) is 11.8 Å². The molecule has 3 aromatic rings. The highest BCUT2D eigenvalue weighted by molar-refractivity contribution is 7.92. The summed E-state index contributed by atoms with van der Waals surface area (Å²) in [4.78, 5) is 29.0. The number of carbonyl (C=O) groups is 2. The lowest BCUT2D eigenvalue weighted by Crippen LogP contribution is -2.53.